The molecule has 0 aliphatic carbocycles. The van der Waals surface area contributed by atoms with Gasteiger partial charge in [-0.05, 0) is 30.5 Å². The summed E-state index contributed by atoms with van der Waals surface area (Å²) in [4.78, 5) is 51.9. The van der Waals surface area contributed by atoms with Crippen LogP contribution >= 0.6 is 0 Å². The van der Waals surface area contributed by atoms with Gasteiger partial charge < -0.3 is 9.88 Å². The van der Waals surface area contributed by atoms with Gasteiger partial charge in [0.15, 0.2) is 0 Å². The third-order valence-corrected chi connectivity index (χ3v) is 5.27. The van der Waals surface area contributed by atoms with Crippen molar-refractivity contribution < 1.29 is 14.4 Å². The normalized spacial score (nSPS) is 15.2. The number of nitrogens with one attached hydrogen (secondary N) is 1. The zero-order valence-electron chi connectivity index (χ0n) is 16.8. The first-order chi connectivity index (χ1) is 13.9. The van der Waals surface area contributed by atoms with E-state index in [2.05, 4.69) is 5.32 Å². The summed E-state index contributed by atoms with van der Waals surface area (Å²) in [5.41, 5.74) is 0.932. The molecule has 3 amide bonds. The van der Waals surface area contributed by atoms with Crippen LogP contribution < -0.4 is 10.9 Å². The molecule has 2 heterocycles. The molecule has 1 aromatic carbocycles. The van der Waals surface area contributed by atoms with Gasteiger partial charge in [-0.3, -0.25) is 24.1 Å². The second-order valence-electron chi connectivity index (χ2n) is 7.29. The highest BCUT2D eigenvalue weighted by atomic mass is 16.2. The van der Waals surface area contributed by atoms with Crippen molar-refractivity contribution in [3.63, 3.8) is 0 Å². The van der Waals surface area contributed by atoms with Crippen molar-refractivity contribution in [3.05, 3.63) is 64.1 Å². The second-order valence-corrected chi connectivity index (χ2v) is 7.29. The summed E-state index contributed by atoms with van der Waals surface area (Å²) in [6.07, 6.45) is 2.97. The molecule has 7 nitrogen and oxygen atoms in total. The van der Waals surface area contributed by atoms with E-state index in [0.29, 0.717) is 29.8 Å². The number of carbonyl (C=O) groups excluding carboxylic acids is 3. The number of hydrogen-bond acceptors (Lipinski definition) is 4. The predicted molar refractivity (Wildman–Crippen MR) is 110 cm³/mol. The van der Waals surface area contributed by atoms with Gasteiger partial charge in [0.05, 0.1) is 16.8 Å². The van der Waals surface area contributed by atoms with E-state index in [9.17, 15) is 19.2 Å². The average molecular weight is 395 g/mol. The lowest BCUT2D eigenvalue weighted by Crippen LogP contribution is -2.50. The Hall–Kier alpha value is -3.22. The van der Waals surface area contributed by atoms with Crippen molar-refractivity contribution in [2.75, 3.05) is 5.32 Å². The first-order valence-corrected chi connectivity index (χ1v) is 9.87. The van der Waals surface area contributed by atoms with E-state index < -0.39 is 23.8 Å². The van der Waals surface area contributed by atoms with E-state index >= 15 is 0 Å². The number of aromatic nitrogens is 1. The maximum atomic E-state index is 13.2. The van der Waals surface area contributed by atoms with Crippen molar-refractivity contribution in [2.45, 2.75) is 46.2 Å². The molecule has 7 heteroatoms. The molecule has 152 valence electrons. The molecule has 29 heavy (non-hydrogen) atoms. The number of hydrogen-bond donors (Lipinski definition) is 1. The Balaban J connectivity index is 1.91. The summed E-state index contributed by atoms with van der Waals surface area (Å²) in [7, 11) is 0. The Morgan fingerprint density at radius 2 is 1.62 bits per heavy atom. The number of amides is 3. The molecule has 2 atom stereocenters. The van der Waals surface area contributed by atoms with Crippen molar-refractivity contribution in [2.24, 2.45) is 5.92 Å². The molecular weight excluding hydrogens is 370 g/mol. The molecule has 2 unspecified atom stereocenters. The minimum Gasteiger partial charge on any atom is -0.323 e. The van der Waals surface area contributed by atoms with Gasteiger partial charge in [0.25, 0.3) is 17.4 Å². The molecule has 0 spiro atoms. The summed E-state index contributed by atoms with van der Waals surface area (Å²) in [6, 6.07) is 8.57. The van der Waals surface area contributed by atoms with Gasteiger partial charge in [-0.25, -0.2) is 0 Å². The van der Waals surface area contributed by atoms with Crippen LogP contribution in [-0.2, 0) is 11.3 Å². The Kier molecular flexibility index (Phi) is 5.96. The van der Waals surface area contributed by atoms with Crippen LogP contribution in [0.15, 0.2) is 47.4 Å². The lowest BCUT2D eigenvalue weighted by atomic mass is 9.96. The van der Waals surface area contributed by atoms with E-state index in [4.69, 9.17) is 0 Å². The van der Waals surface area contributed by atoms with E-state index in [-0.39, 0.29) is 11.5 Å². The summed E-state index contributed by atoms with van der Waals surface area (Å²) >= 11 is 0. The van der Waals surface area contributed by atoms with E-state index in [1.165, 1.54) is 16.7 Å². The minimum absolute atomic E-state index is 0.149. The second kappa shape index (κ2) is 8.43. The molecule has 1 aromatic heterocycles. The van der Waals surface area contributed by atoms with Crippen LogP contribution in [0.3, 0.4) is 0 Å². The Labute approximate surface area is 169 Å². The van der Waals surface area contributed by atoms with Crippen molar-refractivity contribution >= 4 is 23.4 Å². The van der Waals surface area contributed by atoms with Gasteiger partial charge in [0, 0.05) is 18.8 Å². The molecule has 0 radical (unpaired) electrons. The summed E-state index contributed by atoms with van der Waals surface area (Å²) in [5, 5.41) is 2.78. The maximum absolute atomic E-state index is 13.2. The van der Waals surface area contributed by atoms with Crippen LogP contribution in [0.1, 0.15) is 54.3 Å². The molecule has 0 bridgehead atoms. The van der Waals surface area contributed by atoms with Crippen molar-refractivity contribution in [3.8, 4) is 0 Å². The molecule has 0 saturated heterocycles. The quantitative estimate of drug-likeness (QED) is 0.730. The number of pyridine rings is 1. The number of anilines is 1. The Bertz CT molecular complexity index is 976. The highest BCUT2D eigenvalue weighted by Gasteiger charge is 2.44. The summed E-state index contributed by atoms with van der Waals surface area (Å²) in [5.74, 6) is -1.60. The van der Waals surface area contributed by atoms with Crippen molar-refractivity contribution in [1.82, 2.24) is 9.47 Å². The zero-order chi connectivity index (χ0) is 21.1. The molecule has 0 saturated carbocycles. The Morgan fingerprint density at radius 3 is 2.17 bits per heavy atom. The fourth-order valence-electron chi connectivity index (χ4n) is 3.55. The highest BCUT2D eigenvalue weighted by Crippen LogP contribution is 2.28. The van der Waals surface area contributed by atoms with Crippen LogP contribution in [0.2, 0.25) is 0 Å². The van der Waals surface area contributed by atoms with Gasteiger partial charge in [0.1, 0.15) is 6.04 Å². The fraction of sp³-hybridized carbons (Fsp3) is 0.364. The number of imide groups is 1. The fourth-order valence-corrected chi connectivity index (χ4v) is 3.55. The third-order valence-electron chi connectivity index (χ3n) is 5.27. The van der Waals surface area contributed by atoms with Crippen LogP contribution in [0.25, 0.3) is 0 Å². The lowest BCUT2D eigenvalue weighted by Gasteiger charge is -2.29. The Morgan fingerprint density at radius 1 is 1.00 bits per heavy atom. The third kappa shape index (κ3) is 3.85. The van der Waals surface area contributed by atoms with E-state index in [1.54, 1.807) is 30.5 Å². The standard InChI is InChI=1S/C22H25N3O4/c1-4-12-24-13-15(10-11-18(24)26)23-20(27)19(14(3)5-2)25-21(28)16-8-6-7-9-17(16)22(25)29/h6-11,13-14,19H,4-5,12H2,1-3H3,(H,23,27). The van der Waals surface area contributed by atoms with Gasteiger partial charge in [-0.15, -0.1) is 0 Å². The number of aryl methyl sites for hydroxylation is 1. The van der Waals surface area contributed by atoms with Gasteiger partial charge in [-0.2, -0.15) is 0 Å². The molecule has 1 aliphatic rings. The van der Waals surface area contributed by atoms with E-state index in [1.807, 2.05) is 20.8 Å². The number of carbonyl (C=O) groups is 3. The van der Waals surface area contributed by atoms with Crippen LogP contribution in [0, 0.1) is 5.92 Å². The van der Waals surface area contributed by atoms with E-state index in [0.717, 1.165) is 11.3 Å². The number of nitrogens with zero attached hydrogens (tertiary/aromatic N) is 2. The molecule has 3 rings (SSSR count). The highest BCUT2D eigenvalue weighted by molar-refractivity contribution is 6.23. The number of benzene rings is 1. The predicted octanol–water partition coefficient (Wildman–Crippen LogP) is 2.91. The van der Waals surface area contributed by atoms with Gasteiger partial charge >= 0.3 is 0 Å². The molecular formula is C22H25N3O4. The summed E-state index contributed by atoms with van der Waals surface area (Å²) in [6.45, 7) is 6.24. The van der Waals surface area contributed by atoms with Gasteiger partial charge in [0.2, 0.25) is 5.91 Å². The summed E-state index contributed by atoms with van der Waals surface area (Å²) < 4.78 is 1.52. The maximum Gasteiger partial charge on any atom is 0.262 e. The molecule has 1 N–H and O–H groups in total. The van der Waals surface area contributed by atoms with Crippen LogP contribution in [0.5, 0.6) is 0 Å². The first-order valence-electron chi connectivity index (χ1n) is 9.87. The van der Waals surface area contributed by atoms with Gasteiger partial charge in [-0.1, -0.05) is 39.3 Å². The first kappa shape index (κ1) is 20.5. The SMILES string of the molecule is CCCn1cc(NC(=O)C(C(C)CC)N2C(=O)c3ccccc3C2=O)ccc1=O. The average Bonchev–Trinajstić information content (AvgIpc) is 2.96. The number of rotatable bonds is 7. The van der Waals surface area contributed by atoms with Crippen LogP contribution in [-0.4, -0.2) is 33.2 Å². The number of fused-ring (bicyclic) bond motifs is 1. The smallest absolute Gasteiger partial charge is 0.262 e. The largest absolute Gasteiger partial charge is 0.323 e. The topological polar surface area (TPSA) is 88.5 Å². The minimum atomic E-state index is -0.945. The lowest BCUT2D eigenvalue weighted by molar-refractivity contribution is -0.121. The molecule has 1 aliphatic heterocycles. The molecule has 0 fully saturated rings. The van der Waals surface area contributed by atoms with Crippen LogP contribution in [0.4, 0.5) is 5.69 Å². The van der Waals surface area contributed by atoms with Crippen molar-refractivity contribution in [1.29, 1.82) is 0 Å². The monoisotopic (exact) mass is 395 g/mol. The zero-order valence-corrected chi connectivity index (χ0v) is 16.8. The molecule has 2 aromatic rings.